The van der Waals surface area contributed by atoms with E-state index in [0.717, 1.165) is 45.4 Å². The first-order valence-corrected chi connectivity index (χ1v) is 7.99. The van der Waals surface area contributed by atoms with Gasteiger partial charge in [-0.1, -0.05) is 25.1 Å². The molecule has 0 bridgehead atoms. The molecule has 0 radical (unpaired) electrons. The standard InChI is InChI=1S/C19H19N3O/c1-3-15(20)14-9-17-18-13(10-22(17)19(23)11(14)2)8-12-6-4-5-7-16(12)21-18/h4-9,15H,3,10,20H2,1-2H3. The van der Waals surface area contributed by atoms with Crippen LogP contribution in [0, 0.1) is 6.92 Å². The normalized spacial score (nSPS) is 13.9. The first-order valence-electron chi connectivity index (χ1n) is 7.99. The van der Waals surface area contributed by atoms with Crippen LogP contribution in [0.1, 0.15) is 36.1 Å². The molecule has 1 aliphatic heterocycles. The minimum absolute atomic E-state index is 0.0449. The smallest absolute Gasteiger partial charge is 0.254 e. The van der Waals surface area contributed by atoms with Gasteiger partial charge in [0.15, 0.2) is 0 Å². The van der Waals surface area contributed by atoms with Crippen molar-refractivity contribution in [2.24, 2.45) is 5.73 Å². The molecule has 0 saturated heterocycles. The minimum Gasteiger partial charge on any atom is -0.324 e. The molecule has 3 aromatic rings. The predicted molar refractivity (Wildman–Crippen MR) is 92.5 cm³/mol. The van der Waals surface area contributed by atoms with Crippen LogP contribution in [0.3, 0.4) is 0 Å². The van der Waals surface area contributed by atoms with Crippen molar-refractivity contribution in [3.63, 3.8) is 0 Å². The summed E-state index contributed by atoms with van der Waals surface area (Å²) in [6.07, 6.45) is 0.807. The molecule has 1 aliphatic rings. The fourth-order valence-corrected chi connectivity index (χ4v) is 3.40. The van der Waals surface area contributed by atoms with E-state index in [1.54, 1.807) is 0 Å². The average molecular weight is 305 g/mol. The van der Waals surface area contributed by atoms with Gasteiger partial charge in [-0.15, -0.1) is 0 Å². The SMILES string of the molecule is CCC(N)c1cc2n(c(=O)c1C)Cc1cc3ccccc3nc1-2. The van der Waals surface area contributed by atoms with E-state index in [1.807, 2.05) is 36.6 Å². The number of pyridine rings is 2. The lowest BCUT2D eigenvalue weighted by atomic mass is 10.00. The van der Waals surface area contributed by atoms with Gasteiger partial charge in [0.1, 0.15) is 0 Å². The van der Waals surface area contributed by atoms with Gasteiger partial charge in [0.25, 0.3) is 5.56 Å². The lowest BCUT2D eigenvalue weighted by Gasteiger charge is -2.15. The predicted octanol–water partition coefficient (Wildman–Crippen LogP) is 3.14. The van der Waals surface area contributed by atoms with Crippen LogP contribution in [0.15, 0.2) is 41.2 Å². The van der Waals surface area contributed by atoms with E-state index in [9.17, 15) is 4.79 Å². The van der Waals surface area contributed by atoms with Crippen LogP contribution < -0.4 is 11.3 Å². The Morgan fingerprint density at radius 2 is 2.09 bits per heavy atom. The van der Waals surface area contributed by atoms with E-state index in [0.29, 0.717) is 6.54 Å². The highest BCUT2D eigenvalue weighted by atomic mass is 16.1. The lowest BCUT2D eigenvalue weighted by Crippen LogP contribution is -2.25. The third-order valence-electron chi connectivity index (χ3n) is 4.80. The van der Waals surface area contributed by atoms with Crippen LogP contribution in [-0.2, 0) is 6.54 Å². The first kappa shape index (κ1) is 14.2. The van der Waals surface area contributed by atoms with Crippen LogP contribution in [0.5, 0.6) is 0 Å². The van der Waals surface area contributed by atoms with E-state index >= 15 is 0 Å². The maximum atomic E-state index is 12.7. The van der Waals surface area contributed by atoms with Gasteiger partial charge in [-0.25, -0.2) is 4.98 Å². The quantitative estimate of drug-likeness (QED) is 0.619. The molecule has 4 rings (SSSR count). The first-order chi connectivity index (χ1) is 11.1. The summed E-state index contributed by atoms with van der Waals surface area (Å²) in [5, 5.41) is 1.11. The van der Waals surface area contributed by atoms with Crippen molar-refractivity contribution >= 4 is 10.9 Å². The monoisotopic (exact) mass is 305 g/mol. The van der Waals surface area contributed by atoms with E-state index < -0.39 is 0 Å². The van der Waals surface area contributed by atoms with Crippen LogP contribution in [0.4, 0.5) is 0 Å². The maximum Gasteiger partial charge on any atom is 0.254 e. The Hall–Kier alpha value is -2.46. The van der Waals surface area contributed by atoms with Crippen LogP contribution in [0.25, 0.3) is 22.3 Å². The Balaban J connectivity index is 2.00. The number of hydrogen-bond donors (Lipinski definition) is 1. The van der Waals surface area contributed by atoms with Gasteiger partial charge < -0.3 is 10.3 Å². The fraction of sp³-hybridized carbons (Fsp3) is 0.263. The van der Waals surface area contributed by atoms with Crippen molar-refractivity contribution in [1.29, 1.82) is 0 Å². The van der Waals surface area contributed by atoms with Crippen LogP contribution in [-0.4, -0.2) is 9.55 Å². The summed E-state index contributed by atoms with van der Waals surface area (Å²) in [6, 6.07) is 12.1. The zero-order chi connectivity index (χ0) is 16.1. The Labute approximate surface area is 134 Å². The number of fused-ring (bicyclic) bond motifs is 4. The highest BCUT2D eigenvalue weighted by molar-refractivity contribution is 5.83. The summed E-state index contributed by atoms with van der Waals surface area (Å²) >= 11 is 0. The Morgan fingerprint density at radius 1 is 1.30 bits per heavy atom. The Morgan fingerprint density at radius 3 is 2.87 bits per heavy atom. The van der Waals surface area contributed by atoms with Crippen molar-refractivity contribution in [2.75, 3.05) is 0 Å². The van der Waals surface area contributed by atoms with Crippen molar-refractivity contribution in [2.45, 2.75) is 32.9 Å². The molecule has 1 aromatic carbocycles. The number of hydrogen-bond acceptors (Lipinski definition) is 3. The molecular weight excluding hydrogens is 286 g/mol. The molecule has 1 atom stereocenters. The van der Waals surface area contributed by atoms with Crippen LogP contribution in [0.2, 0.25) is 0 Å². The van der Waals surface area contributed by atoms with E-state index in [-0.39, 0.29) is 11.6 Å². The van der Waals surface area contributed by atoms with Gasteiger partial charge in [0, 0.05) is 22.6 Å². The topological polar surface area (TPSA) is 60.9 Å². The largest absolute Gasteiger partial charge is 0.324 e. The molecule has 2 aromatic heterocycles. The van der Waals surface area contributed by atoms with E-state index in [2.05, 4.69) is 18.2 Å². The van der Waals surface area contributed by atoms with Gasteiger partial charge in [-0.3, -0.25) is 4.79 Å². The molecule has 0 amide bonds. The zero-order valence-electron chi connectivity index (χ0n) is 13.3. The summed E-state index contributed by atoms with van der Waals surface area (Å²) in [7, 11) is 0. The number of para-hydroxylation sites is 1. The summed E-state index contributed by atoms with van der Waals surface area (Å²) < 4.78 is 1.82. The molecule has 0 fully saturated rings. The summed E-state index contributed by atoms with van der Waals surface area (Å²) in [6.45, 7) is 4.49. The van der Waals surface area contributed by atoms with Crippen molar-refractivity contribution < 1.29 is 0 Å². The van der Waals surface area contributed by atoms with Gasteiger partial charge in [-0.05, 0) is 37.1 Å². The van der Waals surface area contributed by atoms with Crippen molar-refractivity contribution in [3.8, 4) is 11.4 Å². The lowest BCUT2D eigenvalue weighted by molar-refractivity contribution is 0.682. The van der Waals surface area contributed by atoms with Crippen LogP contribution >= 0.6 is 0 Å². The number of rotatable bonds is 2. The van der Waals surface area contributed by atoms with Crippen molar-refractivity contribution in [1.82, 2.24) is 9.55 Å². The molecule has 2 N–H and O–H groups in total. The van der Waals surface area contributed by atoms with E-state index in [4.69, 9.17) is 10.7 Å². The fourth-order valence-electron chi connectivity index (χ4n) is 3.40. The number of aromatic nitrogens is 2. The molecule has 1 unspecified atom stereocenters. The number of nitrogens with zero attached hydrogens (tertiary/aromatic N) is 2. The van der Waals surface area contributed by atoms with Gasteiger partial charge in [0.2, 0.25) is 0 Å². The van der Waals surface area contributed by atoms with E-state index in [1.165, 1.54) is 0 Å². The molecule has 4 nitrogen and oxygen atoms in total. The summed E-state index contributed by atoms with van der Waals surface area (Å²) in [5.74, 6) is 0. The Bertz CT molecular complexity index is 988. The third-order valence-corrected chi connectivity index (χ3v) is 4.80. The second-order valence-corrected chi connectivity index (χ2v) is 6.20. The number of benzene rings is 1. The second-order valence-electron chi connectivity index (χ2n) is 6.20. The minimum atomic E-state index is -0.113. The molecule has 23 heavy (non-hydrogen) atoms. The summed E-state index contributed by atoms with van der Waals surface area (Å²) in [5.41, 5.74) is 11.8. The van der Waals surface area contributed by atoms with Gasteiger partial charge in [-0.2, -0.15) is 0 Å². The molecular formula is C19H19N3O. The van der Waals surface area contributed by atoms with Gasteiger partial charge in [0.05, 0.1) is 23.4 Å². The third kappa shape index (κ3) is 2.02. The molecule has 0 spiro atoms. The zero-order valence-corrected chi connectivity index (χ0v) is 13.3. The molecule has 0 saturated carbocycles. The Kier molecular flexibility index (Phi) is 3.10. The number of nitrogens with two attached hydrogens (primary N) is 1. The molecule has 0 aliphatic carbocycles. The molecule has 4 heteroatoms. The molecule has 3 heterocycles. The highest BCUT2D eigenvalue weighted by Gasteiger charge is 2.25. The van der Waals surface area contributed by atoms with Gasteiger partial charge >= 0.3 is 0 Å². The molecule has 116 valence electrons. The van der Waals surface area contributed by atoms with Crippen molar-refractivity contribution in [3.05, 3.63) is 63.4 Å². The second kappa shape index (κ2) is 5.03. The highest BCUT2D eigenvalue weighted by Crippen LogP contribution is 2.33. The summed E-state index contributed by atoms with van der Waals surface area (Å²) in [4.78, 5) is 17.5. The average Bonchev–Trinajstić information content (AvgIpc) is 2.93. The maximum absolute atomic E-state index is 12.7.